The molecule has 10 heteroatoms. The van der Waals surface area contributed by atoms with Gasteiger partial charge < -0.3 is 14.2 Å². The summed E-state index contributed by atoms with van der Waals surface area (Å²) in [5.74, 6) is -0.493. The molecule has 0 unspecified atom stereocenters. The number of ether oxygens (including phenoxy) is 3. The summed E-state index contributed by atoms with van der Waals surface area (Å²) < 4.78 is 39.0. The van der Waals surface area contributed by atoms with Crippen LogP contribution >= 0.6 is 11.8 Å². The number of benzene rings is 2. The van der Waals surface area contributed by atoms with E-state index in [1.807, 2.05) is 0 Å². The number of nitrogens with zero attached hydrogens (tertiary/aromatic N) is 1. The number of non-ortho nitro benzene ring substituents is 1. The first-order valence-corrected chi connectivity index (χ1v) is 8.52. The van der Waals surface area contributed by atoms with E-state index in [4.69, 9.17) is 9.47 Å². The minimum Gasteiger partial charge on any atom is -0.493 e. The minimum absolute atomic E-state index is 0.0154. The van der Waals surface area contributed by atoms with Gasteiger partial charge in [0.05, 0.1) is 17.8 Å². The van der Waals surface area contributed by atoms with Gasteiger partial charge in [0.2, 0.25) is 0 Å². The van der Waals surface area contributed by atoms with Crippen molar-refractivity contribution in [2.45, 2.75) is 18.1 Å². The molecular weight excluding hydrogens is 384 g/mol. The topological polar surface area (TPSA) is 87.9 Å². The van der Waals surface area contributed by atoms with Crippen molar-refractivity contribution in [1.29, 1.82) is 0 Å². The second-order valence-electron chi connectivity index (χ2n) is 5.06. The Bertz CT molecular complexity index is 801. The number of rotatable bonds is 9. The Hall–Kier alpha value is -2.88. The average molecular weight is 399 g/mol. The summed E-state index contributed by atoms with van der Waals surface area (Å²) in [7, 11) is 1.31. The van der Waals surface area contributed by atoms with Crippen LogP contribution in [0.3, 0.4) is 0 Å². The molecule has 0 bridgehead atoms. The predicted molar refractivity (Wildman–Crippen MR) is 93.2 cm³/mol. The molecule has 2 aromatic carbocycles. The molecule has 0 radical (unpaired) electrons. The monoisotopic (exact) mass is 399 g/mol. The molecule has 0 amide bonds. The van der Waals surface area contributed by atoms with E-state index in [0.717, 1.165) is 0 Å². The average Bonchev–Trinajstić information content (AvgIpc) is 2.65. The zero-order valence-electron chi connectivity index (χ0n) is 14.1. The molecule has 0 aliphatic carbocycles. The van der Waals surface area contributed by atoms with Gasteiger partial charge in [0.25, 0.3) is 5.69 Å². The molecule has 27 heavy (non-hydrogen) atoms. The smallest absolute Gasteiger partial charge is 0.387 e. The molecule has 0 saturated heterocycles. The summed E-state index contributed by atoms with van der Waals surface area (Å²) in [6.45, 7) is -3.04. The fourth-order valence-corrected chi connectivity index (χ4v) is 2.70. The Labute approximate surface area is 157 Å². The Morgan fingerprint density at radius 1 is 1.19 bits per heavy atom. The van der Waals surface area contributed by atoms with Crippen molar-refractivity contribution < 1.29 is 32.7 Å². The van der Waals surface area contributed by atoms with Crippen molar-refractivity contribution in [3.8, 4) is 11.5 Å². The Kier molecular flexibility index (Phi) is 7.35. The second-order valence-corrected chi connectivity index (χ2v) is 6.11. The zero-order valence-corrected chi connectivity index (χ0v) is 14.9. The highest BCUT2D eigenvalue weighted by atomic mass is 32.2. The van der Waals surface area contributed by atoms with Crippen LogP contribution < -0.4 is 9.47 Å². The normalized spacial score (nSPS) is 10.5. The van der Waals surface area contributed by atoms with Crippen LogP contribution in [-0.4, -0.2) is 30.4 Å². The summed E-state index contributed by atoms with van der Waals surface area (Å²) in [5.41, 5.74) is 0.511. The van der Waals surface area contributed by atoms with Crippen LogP contribution in [0.2, 0.25) is 0 Å². The highest BCUT2D eigenvalue weighted by molar-refractivity contribution is 8.00. The number of carbonyl (C=O) groups excluding carboxylic acids is 1. The van der Waals surface area contributed by atoms with Crippen molar-refractivity contribution in [1.82, 2.24) is 0 Å². The molecule has 0 heterocycles. The largest absolute Gasteiger partial charge is 0.493 e. The number of hydrogen-bond donors (Lipinski definition) is 0. The van der Waals surface area contributed by atoms with E-state index < -0.39 is 17.5 Å². The Morgan fingerprint density at radius 3 is 2.48 bits per heavy atom. The molecule has 0 N–H and O–H groups in total. The minimum atomic E-state index is -2.97. The van der Waals surface area contributed by atoms with E-state index >= 15 is 0 Å². The molecule has 0 aromatic heterocycles. The highest BCUT2D eigenvalue weighted by Gasteiger charge is 2.12. The fraction of sp³-hybridized carbons (Fsp3) is 0.235. The van der Waals surface area contributed by atoms with Crippen LogP contribution in [0.4, 0.5) is 14.5 Å². The summed E-state index contributed by atoms with van der Waals surface area (Å²) in [6.07, 6.45) is 0. The van der Waals surface area contributed by atoms with Crippen molar-refractivity contribution in [3.05, 3.63) is 58.1 Å². The Balaban J connectivity index is 1.85. The molecular formula is C17H15F2NO6S. The van der Waals surface area contributed by atoms with Crippen LogP contribution in [0, 0.1) is 10.1 Å². The molecule has 144 valence electrons. The van der Waals surface area contributed by atoms with Crippen molar-refractivity contribution in [2.24, 2.45) is 0 Å². The van der Waals surface area contributed by atoms with Gasteiger partial charge >= 0.3 is 12.6 Å². The molecule has 0 spiro atoms. The van der Waals surface area contributed by atoms with E-state index in [-0.39, 0.29) is 29.5 Å². The van der Waals surface area contributed by atoms with Crippen LogP contribution in [0.15, 0.2) is 47.4 Å². The van der Waals surface area contributed by atoms with Gasteiger partial charge in [-0.25, -0.2) is 0 Å². The van der Waals surface area contributed by atoms with Gasteiger partial charge in [0.1, 0.15) is 6.61 Å². The fourth-order valence-electron chi connectivity index (χ4n) is 2.01. The summed E-state index contributed by atoms with van der Waals surface area (Å²) in [6, 6.07) is 10.0. The molecule has 0 aliphatic heterocycles. The van der Waals surface area contributed by atoms with Crippen LogP contribution in [0.25, 0.3) is 0 Å². The van der Waals surface area contributed by atoms with Crippen LogP contribution in [-0.2, 0) is 16.1 Å². The van der Waals surface area contributed by atoms with Crippen molar-refractivity contribution >= 4 is 23.4 Å². The first kappa shape index (κ1) is 20.4. The second kappa shape index (κ2) is 9.72. The molecule has 0 saturated carbocycles. The first-order chi connectivity index (χ1) is 12.9. The lowest BCUT2D eigenvalue weighted by Crippen LogP contribution is -2.08. The van der Waals surface area contributed by atoms with Crippen LogP contribution in [0.1, 0.15) is 5.56 Å². The van der Waals surface area contributed by atoms with E-state index in [9.17, 15) is 23.7 Å². The van der Waals surface area contributed by atoms with E-state index in [1.54, 1.807) is 12.1 Å². The van der Waals surface area contributed by atoms with Gasteiger partial charge in [-0.05, 0) is 29.8 Å². The third-order valence-corrected chi connectivity index (χ3v) is 4.23. The van der Waals surface area contributed by atoms with Gasteiger partial charge in [0, 0.05) is 17.0 Å². The van der Waals surface area contributed by atoms with Gasteiger partial charge in [-0.1, -0.05) is 6.07 Å². The summed E-state index contributed by atoms with van der Waals surface area (Å²) in [4.78, 5) is 22.6. The van der Waals surface area contributed by atoms with Gasteiger partial charge in [-0.2, -0.15) is 8.78 Å². The molecule has 0 aliphatic rings. The molecule has 2 rings (SSSR count). The van der Waals surface area contributed by atoms with E-state index in [0.29, 0.717) is 10.5 Å². The third kappa shape index (κ3) is 6.41. The number of nitro groups is 1. The quantitative estimate of drug-likeness (QED) is 0.272. The standard InChI is InChI=1S/C17H15F2NO6S/c1-24-15-8-11(2-7-14(15)26-17(18)19)9-25-16(21)10-27-13-5-3-12(4-6-13)20(22)23/h2-8,17H,9-10H2,1H3. The number of nitro benzene ring substituents is 1. The van der Waals surface area contributed by atoms with Crippen LogP contribution in [0.5, 0.6) is 11.5 Å². The number of thioether (sulfide) groups is 1. The van der Waals surface area contributed by atoms with Crippen molar-refractivity contribution in [3.63, 3.8) is 0 Å². The molecule has 0 fully saturated rings. The number of alkyl halides is 2. The lowest BCUT2D eigenvalue weighted by Gasteiger charge is -2.11. The lowest BCUT2D eigenvalue weighted by molar-refractivity contribution is -0.384. The van der Waals surface area contributed by atoms with Gasteiger partial charge in [0.15, 0.2) is 11.5 Å². The van der Waals surface area contributed by atoms with Crippen molar-refractivity contribution in [2.75, 3.05) is 12.9 Å². The number of esters is 1. The maximum Gasteiger partial charge on any atom is 0.387 e. The highest BCUT2D eigenvalue weighted by Crippen LogP contribution is 2.29. The van der Waals surface area contributed by atoms with Gasteiger partial charge in [-0.15, -0.1) is 11.8 Å². The summed E-state index contributed by atoms with van der Waals surface area (Å²) >= 11 is 1.18. The maximum absolute atomic E-state index is 12.3. The maximum atomic E-state index is 12.3. The first-order valence-electron chi connectivity index (χ1n) is 7.53. The number of carbonyl (C=O) groups is 1. The van der Waals surface area contributed by atoms with E-state index in [1.165, 1.54) is 49.2 Å². The molecule has 7 nitrogen and oxygen atoms in total. The Morgan fingerprint density at radius 2 is 1.89 bits per heavy atom. The SMILES string of the molecule is COc1cc(COC(=O)CSc2ccc([N+](=O)[O-])cc2)ccc1OC(F)F. The lowest BCUT2D eigenvalue weighted by atomic mass is 10.2. The predicted octanol–water partition coefficient (Wildman–Crippen LogP) is 4.04. The number of halogens is 2. The van der Waals surface area contributed by atoms with E-state index in [2.05, 4.69) is 4.74 Å². The summed E-state index contributed by atoms with van der Waals surface area (Å²) in [5, 5.41) is 10.6. The number of methoxy groups -OCH3 is 1. The van der Waals surface area contributed by atoms with Gasteiger partial charge in [-0.3, -0.25) is 14.9 Å². The number of hydrogen-bond acceptors (Lipinski definition) is 7. The molecule has 2 aromatic rings. The third-order valence-electron chi connectivity index (χ3n) is 3.25. The zero-order chi connectivity index (χ0) is 19.8. The molecule has 0 atom stereocenters.